The highest BCUT2D eigenvalue weighted by molar-refractivity contribution is 5.85. The average molecular weight is 1960 g/mol. The molecule has 2 saturated heterocycles. The van der Waals surface area contributed by atoms with Gasteiger partial charge in [-0.25, -0.2) is 9.59 Å². The number of carbonyl (C=O) groups is 11. The van der Waals surface area contributed by atoms with E-state index in [4.69, 9.17) is 52.1 Å². The molecular formula is C112H179NO26. The number of nitriles is 1. The first-order valence-electron chi connectivity index (χ1n) is 53.8. The third-order valence-corrected chi connectivity index (χ3v) is 38.2. The minimum atomic E-state index is -1.06. The molecular weight excluding hydrogens is 1780 g/mol. The van der Waals surface area contributed by atoms with Crippen molar-refractivity contribution in [3.05, 3.63) is 0 Å². The first-order chi connectivity index (χ1) is 64.2. The van der Waals surface area contributed by atoms with Gasteiger partial charge in [0.15, 0.2) is 18.6 Å². The third-order valence-electron chi connectivity index (χ3n) is 38.2. The number of aliphatic hydroxyl groups is 4. The summed E-state index contributed by atoms with van der Waals surface area (Å²) in [5.74, 6) is -0.303. The van der Waals surface area contributed by atoms with Crippen molar-refractivity contribution >= 4 is 65.7 Å². The molecule has 20 aliphatic rings. The number of carbonyl (C=O) groups excluding carboxylic acids is 11. The lowest BCUT2D eigenvalue weighted by Gasteiger charge is -2.68. The Morgan fingerprint density at radius 3 is 1.26 bits per heavy atom. The summed E-state index contributed by atoms with van der Waals surface area (Å²) in [6.07, 6.45) is 33.8. The van der Waals surface area contributed by atoms with Crippen molar-refractivity contribution in [2.24, 2.45) is 113 Å². The number of fused-ring (bicyclic) bond motifs is 2. The summed E-state index contributed by atoms with van der Waals surface area (Å²) in [7, 11) is 0. The highest BCUT2D eigenvalue weighted by Crippen LogP contribution is 2.72. The van der Waals surface area contributed by atoms with Crippen LogP contribution in [0.15, 0.2) is 0 Å². The van der Waals surface area contributed by atoms with Crippen molar-refractivity contribution in [1.82, 2.24) is 0 Å². The highest BCUT2D eigenvalue weighted by atomic mass is 16.6. The van der Waals surface area contributed by atoms with Crippen LogP contribution in [0, 0.1) is 125 Å². The van der Waals surface area contributed by atoms with Gasteiger partial charge < -0.3 is 72.5 Å². The quantitative estimate of drug-likeness (QED) is 0.0417. The molecule has 20 rings (SSSR count). The SMILES string of the molecule is CCC(C)(C)C(=O)OC(C)(C)C12CC3CC(CC(C(C)(C)O)(C3)C1)C2.CCC(C)(C)C(=O)OC12CC3CC(CC(O)(C3)C1)C2.CCC(C)(C)C(=O)OC12CC3CC(O)(CC(O)(C3)C1)C2.CCC(C)(C)C(=O)OC1CCCCC1.CCC(C)(C)C(=O)OCC(=O)OC1C2CC3C(=O)OC1C3C2.CCC(C)(C)C(=O)OCC(=O)OC1C2CC3C1OC(=O)C3(C#N)C2.CCC1(OC(=O)C(C)(C)CC)CCCC1. The predicted molar refractivity (Wildman–Crippen MR) is 519 cm³/mol. The van der Waals surface area contributed by atoms with Gasteiger partial charge in [0.25, 0.3) is 0 Å². The van der Waals surface area contributed by atoms with Gasteiger partial charge in [0.05, 0.1) is 72.3 Å². The molecule has 0 aromatic heterocycles. The van der Waals surface area contributed by atoms with E-state index in [9.17, 15) is 78.4 Å². The summed E-state index contributed by atoms with van der Waals surface area (Å²) < 4.78 is 60.8. The molecule has 16 atom stereocenters. The number of hydrogen-bond acceptors (Lipinski definition) is 27. The van der Waals surface area contributed by atoms with Crippen LogP contribution in [0.4, 0.5) is 0 Å². The van der Waals surface area contributed by atoms with Crippen LogP contribution in [-0.4, -0.2) is 175 Å². The molecule has 0 amide bonds. The van der Waals surface area contributed by atoms with Gasteiger partial charge in [-0.1, -0.05) is 61.8 Å². The average Bonchev–Trinajstić information content (AvgIpc) is 1.25. The minimum absolute atomic E-state index is 0.00636. The van der Waals surface area contributed by atoms with Gasteiger partial charge in [0, 0.05) is 54.8 Å². The Hall–Kier alpha value is -6.50. The van der Waals surface area contributed by atoms with E-state index in [1.807, 2.05) is 132 Å². The van der Waals surface area contributed by atoms with Crippen LogP contribution in [0.2, 0.25) is 0 Å². The molecule has 788 valence electrons. The standard InChI is InChI=1S/C22H38O3.C17H21NO6.C16H22O6.C16H26O4.C16H26O3.C13H24O2.C12H22O2/c1-8-18(2,3)17(23)25-20(6,7)22-12-15-9-16(13-22)11-21(10-15,14-22)19(4,5)24;1-4-16(2,3)14(20)22-7-11(19)23-12-9-5-10-13(12)24-15(21)17(10,6-9)8-18;1-4-16(2,3)15(19)20-7-11(17)21-12-8-5-9-10(6-8)14(18)22-13(9)12;1-4-13(2,3)12(17)20-16-7-11-5-14(18,9-16)8-15(19,6-11)10-16;1-4-14(2,3)13(17)19-16-8-11-5-12(9-16)7-15(18,6-11)10-16;1-5-12(3,4)11(14)15-13(6-2)9-7-8-10-13;1-4-12(2,3)11(13)14-10-8-6-5-7-9-10/h15-16,24H,8-14H2,1-7H3;9-10,12-13H,4-7H2,1-3H3;8-10,12-13H,4-7H2,1-3H3;11,18-19H,4-10H2,1-3H3;11-12,18H,4-10H2,1-3H3;5-10H2,1-4H3;10H,4-9H2,1-3H3. The van der Waals surface area contributed by atoms with Crippen LogP contribution in [0.3, 0.4) is 0 Å². The first-order valence-corrected chi connectivity index (χ1v) is 53.8. The molecule has 27 nitrogen and oxygen atoms in total. The third kappa shape index (κ3) is 24.3. The number of nitrogens with zero attached hydrogens (tertiary/aromatic N) is 1. The van der Waals surface area contributed by atoms with E-state index in [0.717, 1.165) is 154 Å². The van der Waals surface area contributed by atoms with Gasteiger partial charge in [-0.3, -0.25) is 43.2 Å². The predicted octanol–water partition coefficient (Wildman–Crippen LogP) is 20.1. The Morgan fingerprint density at radius 1 is 0.403 bits per heavy atom. The Kier molecular flexibility index (Phi) is 33.6. The lowest BCUT2D eigenvalue weighted by molar-refractivity contribution is -0.264. The molecule has 2 aliphatic heterocycles. The molecule has 20 fully saturated rings. The fourth-order valence-corrected chi connectivity index (χ4v) is 27.2. The van der Waals surface area contributed by atoms with E-state index in [2.05, 4.69) is 26.8 Å². The van der Waals surface area contributed by atoms with Crippen molar-refractivity contribution in [1.29, 1.82) is 5.26 Å². The molecule has 139 heavy (non-hydrogen) atoms. The molecule has 0 aromatic rings. The fraction of sp³-hybridized carbons (Fsp3) is 0.893. The van der Waals surface area contributed by atoms with Crippen molar-refractivity contribution in [2.75, 3.05) is 13.2 Å². The summed E-state index contributed by atoms with van der Waals surface area (Å²) >= 11 is 0. The number of esters is 11. The number of rotatable bonds is 28. The number of hydrogen-bond donors (Lipinski definition) is 4. The summed E-state index contributed by atoms with van der Waals surface area (Å²) in [5.41, 5.74) is -8.84. The lowest BCUT2D eigenvalue weighted by Crippen LogP contribution is -2.67. The molecule has 16 unspecified atom stereocenters. The summed E-state index contributed by atoms with van der Waals surface area (Å²) in [4.78, 5) is 133. The van der Waals surface area contributed by atoms with E-state index < -0.39 is 115 Å². The molecule has 0 aromatic carbocycles. The fourth-order valence-electron chi connectivity index (χ4n) is 27.2. The maximum Gasteiger partial charge on any atom is 0.344 e. The normalized spacial score (nSPS) is 35.6. The van der Waals surface area contributed by atoms with Crippen LogP contribution in [0.25, 0.3) is 0 Å². The highest BCUT2D eigenvalue weighted by Gasteiger charge is 2.74. The molecule has 4 N–H and O–H groups in total. The largest absolute Gasteiger partial charge is 0.462 e. The molecule has 16 bridgehead atoms. The van der Waals surface area contributed by atoms with Crippen LogP contribution < -0.4 is 0 Å². The van der Waals surface area contributed by atoms with E-state index in [0.29, 0.717) is 75.0 Å². The zero-order chi connectivity index (χ0) is 103. The second-order valence-corrected chi connectivity index (χ2v) is 52.5. The lowest BCUT2D eigenvalue weighted by atomic mass is 9.38. The zero-order valence-electron chi connectivity index (χ0n) is 89.9. The molecule has 2 heterocycles. The topological polar surface area (TPSA) is 394 Å². The first kappa shape index (κ1) is 113. The summed E-state index contributed by atoms with van der Waals surface area (Å²) in [5, 5.41) is 52.3. The van der Waals surface area contributed by atoms with Crippen molar-refractivity contribution in [2.45, 2.75) is 506 Å². The molecule has 18 saturated carbocycles. The second kappa shape index (κ2) is 41.4. The second-order valence-electron chi connectivity index (χ2n) is 52.5. The van der Waals surface area contributed by atoms with Gasteiger partial charge in [0.2, 0.25) is 0 Å². The van der Waals surface area contributed by atoms with Gasteiger partial charge in [-0.15, -0.1) is 0 Å². The maximum atomic E-state index is 12.8. The Balaban J connectivity index is 0.000000157. The molecule has 18 aliphatic carbocycles. The van der Waals surface area contributed by atoms with Gasteiger partial charge in [-0.05, 0) is 378 Å². The Bertz CT molecular complexity index is 4430. The monoisotopic (exact) mass is 1950 g/mol. The molecule has 0 radical (unpaired) electrons. The van der Waals surface area contributed by atoms with Gasteiger partial charge >= 0.3 is 65.7 Å². The maximum absolute atomic E-state index is 12.8. The van der Waals surface area contributed by atoms with Crippen molar-refractivity contribution in [3.63, 3.8) is 0 Å². The smallest absolute Gasteiger partial charge is 0.344 e. The van der Waals surface area contributed by atoms with Crippen molar-refractivity contribution in [3.8, 4) is 6.07 Å². The van der Waals surface area contributed by atoms with Crippen LogP contribution in [-0.2, 0) is 105 Å². The summed E-state index contributed by atoms with van der Waals surface area (Å²) in [6.45, 7) is 49.9. The van der Waals surface area contributed by atoms with E-state index >= 15 is 0 Å². The van der Waals surface area contributed by atoms with Gasteiger partial charge in [-0.2, -0.15) is 5.26 Å². The number of ether oxygens (including phenoxy) is 11. The minimum Gasteiger partial charge on any atom is -0.462 e. The van der Waals surface area contributed by atoms with Crippen LogP contribution in [0.5, 0.6) is 0 Å². The van der Waals surface area contributed by atoms with Crippen molar-refractivity contribution < 1.29 is 125 Å². The Morgan fingerprint density at radius 2 is 0.813 bits per heavy atom. The van der Waals surface area contributed by atoms with Gasteiger partial charge in [0.1, 0.15) is 52.9 Å². The molecule has 27 heteroatoms. The van der Waals surface area contributed by atoms with Crippen LogP contribution in [0.1, 0.15) is 430 Å². The van der Waals surface area contributed by atoms with E-state index in [1.165, 1.54) is 44.9 Å². The van der Waals surface area contributed by atoms with E-state index in [-0.39, 0.29) is 129 Å². The van der Waals surface area contributed by atoms with Crippen LogP contribution >= 0.6 is 0 Å². The Labute approximate surface area is 830 Å². The molecule has 0 spiro atoms. The van der Waals surface area contributed by atoms with E-state index in [1.54, 1.807) is 27.7 Å². The summed E-state index contributed by atoms with van der Waals surface area (Å²) in [6, 6.07) is 2.10. The zero-order valence-corrected chi connectivity index (χ0v) is 89.9.